The molecule has 0 bridgehead atoms. The Morgan fingerprint density at radius 1 is 1.25 bits per heavy atom. The number of nitriles is 1. The number of anilines is 1. The standard InChI is InChI=1S/C19H17N3OS/c20-10-15(12-4-2-1-3-5-12)19-22-17(11-24-19)13-6-7-16-14(8-13)9-18(23)21-16/h6-8,11H,1-5,9H2,(H,21,23). The molecule has 0 atom stereocenters. The van der Waals surface area contributed by atoms with Gasteiger partial charge in [0.05, 0.1) is 17.7 Å². The zero-order valence-electron chi connectivity index (χ0n) is 13.3. The third kappa shape index (κ3) is 2.74. The summed E-state index contributed by atoms with van der Waals surface area (Å²) in [4.78, 5) is 16.2. The molecule has 0 saturated heterocycles. The lowest BCUT2D eigenvalue weighted by atomic mass is 9.91. The van der Waals surface area contributed by atoms with Gasteiger partial charge in [-0.25, -0.2) is 4.98 Å². The minimum atomic E-state index is 0.0370. The van der Waals surface area contributed by atoms with E-state index in [4.69, 9.17) is 4.98 Å². The molecular weight excluding hydrogens is 318 g/mol. The number of rotatable bonds is 2. The van der Waals surface area contributed by atoms with Crippen molar-refractivity contribution >= 4 is 28.5 Å². The first-order valence-corrected chi connectivity index (χ1v) is 9.14. The average Bonchev–Trinajstić information content (AvgIpc) is 3.21. The van der Waals surface area contributed by atoms with E-state index in [1.165, 1.54) is 36.2 Å². The van der Waals surface area contributed by atoms with E-state index >= 15 is 0 Å². The number of carbonyl (C=O) groups excluding carboxylic acids is 1. The maximum absolute atomic E-state index is 11.5. The molecule has 1 saturated carbocycles. The summed E-state index contributed by atoms with van der Waals surface area (Å²) in [6.07, 6.45) is 6.06. The highest BCUT2D eigenvalue weighted by Crippen LogP contribution is 2.34. The summed E-state index contributed by atoms with van der Waals surface area (Å²) in [6.45, 7) is 0. The molecule has 2 aromatic rings. The first-order chi connectivity index (χ1) is 11.7. The van der Waals surface area contributed by atoms with Gasteiger partial charge in [0.2, 0.25) is 5.91 Å². The number of hydrogen-bond acceptors (Lipinski definition) is 4. The van der Waals surface area contributed by atoms with Gasteiger partial charge in [-0.1, -0.05) is 12.5 Å². The van der Waals surface area contributed by atoms with Crippen LogP contribution < -0.4 is 5.32 Å². The molecule has 5 heteroatoms. The van der Waals surface area contributed by atoms with E-state index in [2.05, 4.69) is 11.4 Å². The van der Waals surface area contributed by atoms with Crippen molar-refractivity contribution in [1.82, 2.24) is 4.98 Å². The van der Waals surface area contributed by atoms with Crippen molar-refractivity contribution in [2.24, 2.45) is 0 Å². The van der Waals surface area contributed by atoms with Crippen LogP contribution in [0.15, 0.2) is 29.2 Å². The largest absolute Gasteiger partial charge is 0.326 e. The number of hydrogen-bond donors (Lipinski definition) is 1. The van der Waals surface area contributed by atoms with Crippen molar-refractivity contribution in [1.29, 1.82) is 5.26 Å². The number of fused-ring (bicyclic) bond motifs is 1. The molecule has 1 aliphatic carbocycles. The molecule has 24 heavy (non-hydrogen) atoms. The van der Waals surface area contributed by atoms with Crippen LogP contribution in [0.3, 0.4) is 0 Å². The molecule has 0 radical (unpaired) electrons. The molecule has 1 aromatic carbocycles. The number of amides is 1. The molecule has 2 heterocycles. The van der Waals surface area contributed by atoms with Crippen molar-refractivity contribution in [2.45, 2.75) is 38.5 Å². The second-order valence-corrected chi connectivity index (χ2v) is 7.14. The molecular formula is C19H17N3OS. The lowest BCUT2D eigenvalue weighted by Crippen LogP contribution is -2.03. The summed E-state index contributed by atoms with van der Waals surface area (Å²) in [6, 6.07) is 8.30. The summed E-state index contributed by atoms with van der Waals surface area (Å²) in [7, 11) is 0. The van der Waals surface area contributed by atoms with E-state index < -0.39 is 0 Å². The van der Waals surface area contributed by atoms with Gasteiger partial charge < -0.3 is 5.32 Å². The number of thiazole rings is 1. The zero-order chi connectivity index (χ0) is 16.5. The van der Waals surface area contributed by atoms with Gasteiger partial charge in [-0.2, -0.15) is 5.26 Å². The first kappa shape index (κ1) is 15.1. The molecule has 4 rings (SSSR count). The molecule has 1 N–H and O–H groups in total. The predicted octanol–water partition coefficient (Wildman–Crippen LogP) is 4.55. The fourth-order valence-corrected chi connectivity index (χ4v) is 4.29. The number of carbonyl (C=O) groups is 1. The first-order valence-electron chi connectivity index (χ1n) is 8.26. The Bertz CT molecular complexity index is 880. The van der Waals surface area contributed by atoms with Crippen LogP contribution in [-0.2, 0) is 11.2 Å². The number of nitrogens with zero attached hydrogens (tertiary/aromatic N) is 2. The highest BCUT2D eigenvalue weighted by atomic mass is 32.1. The van der Waals surface area contributed by atoms with Crippen molar-refractivity contribution in [3.63, 3.8) is 0 Å². The topological polar surface area (TPSA) is 65.8 Å². The van der Waals surface area contributed by atoms with Crippen molar-refractivity contribution in [3.05, 3.63) is 39.7 Å². The van der Waals surface area contributed by atoms with Crippen molar-refractivity contribution in [2.75, 3.05) is 5.32 Å². The second-order valence-electron chi connectivity index (χ2n) is 6.29. The molecule has 1 aromatic heterocycles. The lowest BCUT2D eigenvalue weighted by molar-refractivity contribution is -0.115. The highest BCUT2D eigenvalue weighted by Gasteiger charge is 2.19. The van der Waals surface area contributed by atoms with Crippen LogP contribution >= 0.6 is 11.3 Å². The van der Waals surface area contributed by atoms with Gasteiger partial charge in [-0.05, 0) is 49.0 Å². The smallest absolute Gasteiger partial charge is 0.228 e. The molecule has 2 aliphatic rings. The Morgan fingerprint density at radius 3 is 2.88 bits per heavy atom. The number of nitrogens with one attached hydrogen (secondary N) is 1. The zero-order valence-corrected chi connectivity index (χ0v) is 14.1. The van der Waals surface area contributed by atoms with Gasteiger partial charge in [0, 0.05) is 16.6 Å². The fraction of sp³-hybridized carbons (Fsp3) is 0.316. The summed E-state index contributed by atoms with van der Waals surface area (Å²) in [5, 5.41) is 15.2. The third-order valence-electron chi connectivity index (χ3n) is 4.67. The summed E-state index contributed by atoms with van der Waals surface area (Å²) >= 11 is 1.53. The molecule has 4 nitrogen and oxygen atoms in total. The quantitative estimate of drug-likeness (QED) is 0.819. The lowest BCUT2D eigenvalue weighted by Gasteiger charge is -2.14. The van der Waals surface area contributed by atoms with E-state index in [1.807, 2.05) is 23.6 Å². The molecule has 0 spiro atoms. The van der Waals surface area contributed by atoms with Crippen LogP contribution in [0.25, 0.3) is 16.8 Å². The van der Waals surface area contributed by atoms with Crippen LogP contribution in [0.4, 0.5) is 5.69 Å². The molecule has 1 amide bonds. The van der Waals surface area contributed by atoms with Gasteiger partial charge in [-0.3, -0.25) is 4.79 Å². The maximum atomic E-state index is 11.5. The van der Waals surface area contributed by atoms with Crippen molar-refractivity contribution < 1.29 is 4.79 Å². The Labute approximate surface area is 144 Å². The highest BCUT2D eigenvalue weighted by molar-refractivity contribution is 7.11. The monoisotopic (exact) mass is 335 g/mol. The number of allylic oxidation sites excluding steroid dienone is 2. The Balaban J connectivity index is 1.67. The van der Waals surface area contributed by atoms with E-state index in [-0.39, 0.29) is 5.91 Å². The van der Waals surface area contributed by atoms with Gasteiger partial charge in [0.15, 0.2) is 0 Å². The number of benzene rings is 1. The van der Waals surface area contributed by atoms with Gasteiger partial charge >= 0.3 is 0 Å². The van der Waals surface area contributed by atoms with Crippen LogP contribution in [0.1, 0.15) is 42.7 Å². The van der Waals surface area contributed by atoms with Gasteiger partial charge in [0.1, 0.15) is 11.1 Å². The van der Waals surface area contributed by atoms with Gasteiger partial charge in [-0.15, -0.1) is 11.3 Å². The number of aromatic nitrogens is 1. The van der Waals surface area contributed by atoms with Gasteiger partial charge in [0.25, 0.3) is 0 Å². The molecule has 1 fully saturated rings. The average molecular weight is 335 g/mol. The Hall–Kier alpha value is -2.45. The third-order valence-corrected chi connectivity index (χ3v) is 5.53. The van der Waals surface area contributed by atoms with E-state index in [0.29, 0.717) is 6.42 Å². The predicted molar refractivity (Wildman–Crippen MR) is 95.5 cm³/mol. The molecule has 1 aliphatic heterocycles. The fourth-order valence-electron chi connectivity index (χ4n) is 3.42. The summed E-state index contributed by atoms with van der Waals surface area (Å²) in [5.41, 5.74) is 5.80. The second kappa shape index (κ2) is 6.21. The Kier molecular flexibility index (Phi) is 3.91. The summed E-state index contributed by atoms with van der Waals surface area (Å²) < 4.78 is 0. The molecule has 0 unspecified atom stereocenters. The van der Waals surface area contributed by atoms with Crippen LogP contribution in [0, 0.1) is 11.3 Å². The van der Waals surface area contributed by atoms with Crippen LogP contribution in [0.2, 0.25) is 0 Å². The van der Waals surface area contributed by atoms with Crippen LogP contribution in [0.5, 0.6) is 0 Å². The minimum Gasteiger partial charge on any atom is -0.326 e. The van der Waals surface area contributed by atoms with E-state index in [9.17, 15) is 10.1 Å². The normalized spacial score (nSPS) is 16.5. The van der Waals surface area contributed by atoms with Crippen molar-refractivity contribution in [3.8, 4) is 17.3 Å². The summed E-state index contributed by atoms with van der Waals surface area (Å²) in [5.74, 6) is 0.0370. The van der Waals surface area contributed by atoms with E-state index in [1.54, 1.807) is 0 Å². The van der Waals surface area contributed by atoms with E-state index in [0.717, 1.165) is 45.9 Å². The SMILES string of the molecule is N#CC(=C1CCCCC1)c1nc(-c2ccc3c(c2)CC(=O)N3)cs1. The Morgan fingerprint density at radius 2 is 2.08 bits per heavy atom. The maximum Gasteiger partial charge on any atom is 0.228 e. The minimum absolute atomic E-state index is 0.0370. The van der Waals surface area contributed by atoms with Crippen LogP contribution in [-0.4, -0.2) is 10.9 Å². The molecule has 120 valence electrons.